The Labute approximate surface area is 118 Å². The van der Waals surface area contributed by atoms with Crippen molar-refractivity contribution in [2.24, 2.45) is 0 Å². The van der Waals surface area contributed by atoms with Crippen LogP contribution in [-0.4, -0.2) is 42.9 Å². The van der Waals surface area contributed by atoms with Crippen molar-refractivity contribution in [1.82, 2.24) is 4.90 Å². The first-order valence-corrected chi connectivity index (χ1v) is 6.65. The Morgan fingerprint density at radius 1 is 1.15 bits per heavy atom. The molecule has 1 aromatic rings. The maximum Gasteiger partial charge on any atom is 0.221 e. The van der Waals surface area contributed by atoms with E-state index in [-0.39, 0.29) is 11.8 Å². The fourth-order valence-electron chi connectivity index (χ4n) is 2.38. The van der Waals surface area contributed by atoms with Gasteiger partial charge in [-0.05, 0) is 18.2 Å². The predicted octanol–water partition coefficient (Wildman–Crippen LogP) is 0.896. The predicted molar refractivity (Wildman–Crippen MR) is 79.6 cm³/mol. The Kier molecular flexibility index (Phi) is 4.12. The van der Waals surface area contributed by atoms with Crippen LogP contribution >= 0.6 is 0 Å². The number of amides is 2. The highest BCUT2D eigenvalue weighted by molar-refractivity contribution is 5.93. The lowest BCUT2D eigenvalue weighted by Crippen LogP contribution is -2.48. The first kappa shape index (κ1) is 14.2. The van der Waals surface area contributed by atoms with Gasteiger partial charge in [-0.25, -0.2) is 0 Å². The van der Waals surface area contributed by atoms with Crippen molar-refractivity contribution < 1.29 is 9.59 Å². The van der Waals surface area contributed by atoms with Crippen molar-refractivity contribution in [3.63, 3.8) is 0 Å². The molecule has 0 bridgehead atoms. The molecule has 1 aromatic carbocycles. The molecular weight excluding hydrogens is 256 g/mol. The summed E-state index contributed by atoms with van der Waals surface area (Å²) in [5.74, 6) is -0.0248. The molecule has 1 fully saturated rings. The van der Waals surface area contributed by atoms with Crippen LogP contribution in [0.25, 0.3) is 0 Å². The third-order valence-electron chi connectivity index (χ3n) is 3.40. The molecule has 0 atom stereocenters. The summed E-state index contributed by atoms with van der Waals surface area (Å²) in [4.78, 5) is 26.6. The van der Waals surface area contributed by atoms with Gasteiger partial charge in [-0.3, -0.25) is 9.59 Å². The normalized spacial score (nSPS) is 15.1. The summed E-state index contributed by atoms with van der Waals surface area (Å²) >= 11 is 0. The minimum atomic E-state index is -0.126. The fraction of sp³-hybridized carbons (Fsp3) is 0.429. The van der Waals surface area contributed by atoms with Crippen LogP contribution in [0.2, 0.25) is 0 Å². The molecule has 2 amide bonds. The van der Waals surface area contributed by atoms with Gasteiger partial charge >= 0.3 is 0 Å². The molecule has 0 saturated carbocycles. The topological polar surface area (TPSA) is 78.7 Å². The molecule has 1 aliphatic heterocycles. The standard InChI is InChI=1S/C14H20N4O2/c1-10(19)16-13-9-12(15)3-4-14(13)18-7-5-17(6-8-18)11(2)20/h3-4,9H,5-8,15H2,1-2H3,(H,16,19). The van der Waals surface area contributed by atoms with Crippen molar-refractivity contribution in [1.29, 1.82) is 0 Å². The number of nitrogens with zero attached hydrogens (tertiary/aromatic N) is 2. The highest BCUT2D eigenvalue weighted by atomic mass is 16.2. The average molecular weight is 276 g/mol. The summed E-state index contributed by atoms with van der Waals surface area (Å²) in [7, 11) is 0. The van der Waals surface area contributed by atoms with Gasteiger partial charge in [-0.1, -0.05) is 0 Å². The van der Waals surface area contributed by atoms with Gasteiger partial charge in [0.15, 0.2) is 0 Å². The number of carbonyl (C=O) groups is 2. The largest absolute Gasteiger partial charge is 0.399 e. The van der Waals surface area contributed by atoms with Crippen molar-refractivity contribution in [2.45, 2.75) is 13.8 Å². The van der Waals surface area contributed by atoms with Gasteiger partial charge in [0.2, 0.25) is 11.8 Å². The molecule has 1 aliphatic rings. The van der Waals surface area contributed by atoms with Crippen LogP contribution in [0.5, 0.6) is 0 Å². The second-order valence-electron chi connectivity index (χ2n) is 4.95. The Morgan fingerprint density at radius 3 is 2.35 bits per heavy atom. The minimum absolute atomic E-state index is 0.101. The second kappa shape index (κ2) is 5.81. The Balaban J connectivity index is 2.16. The van der Waals surface area contributed by atoms with Crippen LogP contribution in [-0.2, 0) is 9.59 Å². The van der Waals surface area contributed by atoms with Gasteiger partial charge < -0.3 is 20.9 Å². The number of nitrogens with one attached hydrogen (secondary N) is 1. The van der Waals surface area contributed by atoms with E-state index in [0.717, 1.165) is 18.8 Å². The number of rotatable bonds is 2. The maximum absolute atomic E-state index is 11.3. The Bertz CT molecular complexity index is 522. The van der Waals surface area contributed by atoms with Gasteiger partial charge in [0.1, 0.15) is 0 Å². The minimum Gasteiger partial charge on any atom is -0.399 e. The fourth-order valence-corrected chi connectivity index (χ4v) is 2.38. The molecule has 0 aromatic heterocycles. The van der Waals surface area contributed by atoms with E-state index in [1.807, 2.05) is 17.0 Å². The first-order valence-electron chi connectivity index (χ1n) is 6.65. The molecule has 1 saturated heterocycles. The van der Waals surface area contributed by atoms with Gasteiger partial charge in [0.25, 0.3) is 0 Å². The van der Waals surface area contributed by atoms with Crippen molar-refractivity contribution in [2.75, 3.05) is 42.1 Å². The van der Waals surface area contributed by atoms with Crippen LogP contribution in [0.1, 0.15) is 13.8 Å². The number of hydrogen-bond donors (Lipinski definition) is 2. The SMILES string of the molecule is CC(=O)Nc1cc(N)ccc1N1CCN(C(C)=O)CC1. The third kappa shape index (κ3) is 3.20. The van der Waals surface area contributed by atoms with Gasteiger partial charge in [0.05, 0.1) is 11.4 Å². The Morgan fingerprint density at radius 2 is 1.80 bits per heavy atom. The third-order valence-corrected chi connectivity index (χ3v) is 3.40. The number of nitrogens with two attached hydrogens (primary N) is 1. The molecule has 0 unspecified atom stereocenters. The van der Waals surface area contributed by atoms with E-state index in [4.69, 9.17) is 5.73 Å². The average Bonchev–Trinajstić information content (AvgIpc) is 2.38. The van der Waals surface area contributed by atoms with E-state index in [9.17, 15) is 9.59 Å². The van der Waals surface area contributed by atoms with E-state index < -0.39 is 0 Å². The smallest absolute Gasteiger partial charge is 0.221 e. The molecule has 0 aliphatic carbocycles. The molecule has 6 heteroatoms. The number of piperazine rings is 1. The zero-order valence-electron chi connectivity index (χ0n) is 11.8. The molecular formula is C14H20N4O2. The molecule has 1 heterocycles. The number of hydrogen-bond acceptors (Lipinski definition) is 4. The van der Waals surface area contributed by atoms with Crippen molar-refractivity contribution in [3.8, 4) is 0 Å². The van der Waals surface area contributed by atoms with Gasteiger partial charge in [-0.15, -0.1) is 0 Å². The van der Waals surface area contributed by atoms with E-state index in [2.05, 4.69) is 10.2 Å². The van der Waals surface area contributed by atoms with Gasteiger partial charge in [0, 0.05) is 45.7 Å². The highest BCUT2D eigenvalue weighted by Gasteiger charge is 2.20. The van der Waals surface area contributed by atoms with Crippen LogP contribution in [0, 0.1) is 0 Å². The van der Waals surface area contributed by atoms with Crippen LogP contribution < -0.4 is 16.0 Å². The Hall–Kier alpha value is -2.24. The molecule has 6 nitrogen and oxygen atoms in total. The van der Waals surface area contributed by atoms with E-state index in [0.29, 0.717) is 24.5 Å². The van der Waals surface area contributed by atoms with Crippen LogP contribution in [0.3, 0.4) is 0 Å². The molecule has 0 radical (unpaired) electrons. The maximum atomic E-state index is 11.3. The van der Waals surface area contributed by atoms with Crippen LogP contribution in [0.15, 0.2) is 18.2 Å². The van der Waals surface area contributed by atoms with Gasteiger partial charge in [-0.2, -0.15) is 0 Å². The summed E-state index contributed by atoms with van der Waals surface area (Å²) in [6.45, 7) is 5.94. The monoisotopic (exact) mass is 276 g/mol. The summed E-state index contributed by atoms with van der Waals surface area (Å²) in [5.41, 5.74) is 8.04. The van der Waals surface area contributed by atoms with E-state index in [1.54, 1.807) is 13.0 Å². The first-order chi connectivity index (χ1) is 9.47. The lowest BCUT2D eigenvalue weighted by Gasteiger charge is -2.36. The molecule has 3 N–H and O–H groups in total. The highest BCUT2D eigenvalue weighted by Crippen LogP contribution is 2.29. The number of carbonyl (C=O) groups excluding carboxylic acids is 2. The summed E-state index contributed by atoms with van der Waals surface area (Å²) in [5, 5.41) is 2.80. The number of nitrogen functional groups attached to an aromatic ring is 1. The number of anilines is 3. The molecule has 2 rings (SSSR count). The quantitative estimate of drug-likeness (QED) is 0.787. The molecule has 0 spiro atoms. The summed E-state index contributed by atoms with van der Waals surface area (Å²) in [6, 6.07) is 5.48. The molecule has 108 valence electrons. The van der Waals surface area contributed by atoms with Crippen LogP contribution in [0.4, 0.5) is 17.1 Å². The van der Waals surface area contributed by atoms with E-state index in [1.165, 1.54) is 6.92 Å². The van der Waals surface area contributed by atoms with Crippen molar-refractivity contribution in [3.05, 3.63) is 18.2 Å². The zero-order valence-corrected chi connectivity index (χ0v) is 11.8. The zero-order chi connectivity index (χ0) is 14.7. The summed E-state index contributed by atoms with van der Waals surface area (Å²) in [6.07, 6.45) is 0. The summed E-state index contributed by atoms with van der Waals surface area (Å²) < 4.78 is 0. The molecule has 20 heavy (non-hydrogen) atoms. The second-order valence-corrected chi connectivity index (χ2v) is 4.95. The van der Waals surface area contributed by atoms with Crippen molar-refractivity contribution >= 4 is 28.9 Å². The van der Waals surface area contributed by atoms with E-state index >= 15 is 0 Å². The number of benzene rings is 1. The lowest BCUT2D eigenvalue weighted by molar-refractivity contribution is -0.129. The lowest BCUT2D eigenvalue weighted by atomic mass is 10.2.